The molecule has 0 aromatic rings. The second-order valence-corrected chi connectivity index (χ2v) is 1.96. The Hall–Kier alpha value is -0.412. The fourth-order valence-corrected chi connectivity index (χ4v) is 0.524. The zero-order valence-electron chi connectivity index (χ0n) is 6.55. The van der Waals surface area contributed by atoms with E-state index in [4.69, 9.17) is 6.57 Å². The Morgan fingerprint density at radius 3 is 2.09 bits per heavy atom. The molecule has 0 aliphatic carbocycles. The van der Waals surface area contributed by atoms with Crippen LogP contribution in [0, 0.1) is 20.5 Å². The summed E-state index contributed by atoms with van der Waals surface area (Å²) in [5.74, 6) is 0. The molecule has 0 atom stereocenters. The summed E-state index contributed by atoms with van der Waals surface area (Å²) < 4.78 is 0. The molecular weight excluding hydrogens is 308 g/mol. The van der Waals surface area contributed by atoms with Gasteiger partial charge in [-0.05, 0) is 5.70 Å². The summed E-state index contributed by atoms with van der Waals surface area (Å²) in [6.45, 7) is 15.6. The normalized spacial score (nSPS) is 11.5. The van der Waals surface area contributed by atoms with Gasteiger partial charge >= 0.3 is 21.1 Å². The van der Waals surface area contributed by atoms with Crippen molar-refractivity contribution in [1.82, 2.24) is 4.90 Å². The van der Waals surface area contributed by atoms with Crippen LogP contribution in [0.25, 0.3) is 4.85 Å². The molecule has 1 aliphatic rings. The maximum atomic E-state index is 5.72. The Balaban J connectivity index is 0. The minimum absolute atomic E-state index is 0. The van der Waals surface area contributed by atoms with Crippen LogP contribution in [0.2, 0.25) is 0 Å². The van der Waals surface area contributed by atoms with Crippen LogP contribution in [0.3, 0.4) is 0 Å². The fourth-order valence-electron chi connectivity index (χ4n) is 0.524. The van der Waals surface area contributed by atoms with E-state index in [0.29, 0.717) is 0 Å². The molecular formula is C8H12N2W. The first-order chi connectivity index (χ1) is 4.76. The van der Waals surface area contributed by atoms with Gasteiger partial charge in [-0.15, -0.1) is 6.42 Å². The summed E-state index contributed by atoms with van der Waals surface area (Å²) in [5.41, 5.74) is 1.18. The second kappa shape index (κ2) is 7.69. The minimum atomic E-state index is 0. The number of rotatable bonds is 2. The van der Waals surface area contributed by atoms with Gasteiger partial charge in [0.1, 0.15) is 0 Å². The molecule has 2 nitrogen and oxygen atoms in total. The van der Waals surface area contributed by atoms with Crippen LogP contribution in [0.15, 0.2) is 12.3 Å². The van der Waals surface area contributed by atoms with Crippen LogP contribution >= 0.6 is 0 Å². The predicted octanol–water partition coefficient (Wildman–Crippen LogP) is 1.73. The Morgan fingerprint density at radius 1 is 1.64 bits per heavy atom. The quantitative estimate of drug-likeness (QED) is 0.555. The van der Waals surface area contributed by atoms with Gasteiger partial charge in [-0.25, -0.2) is 0 Å². The summed E-state index contributed by atoms with van der Waals surface area (Å²) in [6, 6.07) is 0. The van der Waals surface area contributed by atoms with Crippen molar-refractivity contribution in [2.24, 2.45) is 0 Å². The third-order valence-corrected chi connectivity index (χ3v) is 1.18. The molecule has 1 saturated heterocycles. The molecule has 0 amide bonds. The van der Waals surface area contributed by atoms with E-state index in [1.54, 1.807) is 0 Å². The van der Waals surface area contributed by atoms with Crippen LogP contribution < -0.4 is 0 Å². The molecule has 0 aromatic carbocycles. The van der Waals surface area contributed by atoms with Crippen molar-refractivity contribution in [3.63, 3.8) is 0 Å². The molecule has 1 aliphatic heterocycles. The first kappa shape index (κ1) is 13.2. The number of hydrogen-bond donors (Lipinski definition) is 0. The average molecular weight is 320 g/mol. The number of nitrogens with zero attached hydrogens (tertiary/aromatic N) is 2. The van der Waals surface area contributed by atoms with Crippen molar-refractivity contribution in [1.29, 1.82) is 0 Å². The topological polar surface area (TPSA) is 7.37 Å². The van der Waals surface area contributed by atoms with E-state index < -0.39 is 0 Å². The first-order valence-electron chi connectivity index (χ1n) is 3.10. The smallest absolute Gasteiger partial charge is 0.464 e. The van der Waals surface area contributed by atoms with Gasteiger partial charge in [0.05, 0.1) is 0 Å². The molecule has 11 heavy (non-hydrogen) atoms. The zero-order chi connectivity index (χ0) is 7.98. The van der Waals surface area contributed by atoms with E-state index in [1.807, 2.05) is 0 Å². The monoisotopic (exact) mass is 320 g/mol. The maximum absolute atomic E-state index is 5.72. The third-order valence-electron chi connectivity index (χ3n) is 1.18. The summed E-state index contributed by atoms with van der Waals surface area (Å²) in [7, 11) is 2.78. The second-order valence-electron chi connectivity index (χ2n) is 1.96. The van der Waals surface area contributed by atoms with Crippen molar-refractivity contribution >= 4 is 0 Å². The van der Waals surface area contributed by atoms with Crippen LogP contribution in [0.5, 0.6) is 0 Å². The number of allylic oxidation sites excluding steroid dienone is 1. The molecule has 0 unspecified atom stereocenters. The van der Waals surface area contributed by atoms with Crippen molar-refractivity contribution in [3.05, 3.63) is 37.7 Å². The molecule has 1 fully saturated rings. The largest absolute Gasteiger partial charge is 2.00 e. The van der Waals surface area contributed by atoms with Crippen LogP contribution in [-0.2, 0) is 21.1 Å². The van der Waals surface area contributed by atoms with Gasteiger partial charge in [0, 0.05) is 13.1 Å². The zero-order valence-corrected chi connectivity index (χ0v) is 9.48. The van der Waals surface area contributed by atoms with Crippen LogP contribution in [-0.4, -0.2) is 18.0 Å². The van der Waals surface area contributed by atoms with Gasteiger partial charge < -0.3 is 16.7 Å². The van der Waals surface area contributed by atoms with E-state index in [1.165, 1.54) is 18.8 Å². The standard InChI is InChI=1S/C6H10N.C2H2N.W/c1-3-6(2)7-4-5-7;1-3-2;/h1-5H2;1H2;/q2*-1;+2. The molecule has 1 rings (SSSR count). The molecule has 1 heterocycles. The molecule has 60 valence electrons. The SMILES string of the molecule is C=C(C[CH2-])N1CC1.[C-]#[N+][CH2-].[W+2]. The molecule has 0 spiro atoms. The summed E-state index contributed by atoms with van der Waals surface area (Å²) in [6.07, 6.45) is 0.861. The maximum Gasteiger partial charge on any atom is 2.00 e. The molecule has 0 bridgehead atoms. The number of hydrogen-bond acceptors (Lipinski definition) is 1. The van der Waals surface area contributed by atoms with Gasteiger partial charge in [0.25, 0.3) is 0 Å². The third kappa shape index (κ3) is 7.49. The Kier molecular flexibility index (Phi) is 9.23. The van der Waals surface area contributed by atoms with Gasteiger partial charge in [-0.1, -0.05) is 13.6 Å². The Labute approximate surface area is 83.4 Å². The molecule has 0 saturated carbocycles. The average Bonchev–Trinajstić information content (AvgIpc) is 2.69. The van der Waals surface area contributed by atoms with E-state index >= 15 is 0 Å². The van der Waals surface area contributed by atoms with E-state index in [9.17, 15) is 0 Å². The van der Waals surface area contributed by atoms with Crippen molar-refractivity contribution in [3.8, 4) is 0 Å². The van der Waals surface area contributed by atoms with E-state index in [2.05, 4.69) is 30.3 Å². The van der Waals surface area contributed by atoms with Crippen LogP contribution in [0.1, 0.15) is 6.42 Å². The first-order valence-corrected chi connectivity index (χ1v) is 3.10. The molecule has 3 heteroatoms. The summed E-state index contributed by atoms with van der Waals surface area (Å²) >= 11 is 0. The van der Waals surface area contributed by atoms with Gasteiger partial charge in [0.2, 0.25) is 0 Å². The van der Waals surface area contributed by atoms with Gasteiger partial charge in [-0.3, -0.25) is 6.57 Å². The predicted molar refractivity (Wildman–Crippen MR) is 42.6 cm³/mol. The van der Waals surface area contributed by atoms with Crippen molar-refractivity contribution in [2.75, 3.05) is 13.1 Å². The van der Waals surface area contributed by atoms with Gasteiger partial charge in [-0.2, -0.15) is 0 Å². The van der Waals surface area contributed by atoms with E-state index in [-0.39, 0.29) is 21.1 Å². The van der Waals surface area contributed by atoms with Crippen molar-refractivity contribution < 1.29 is 21.1 Å². The minimum Gasteiger partial charge on any atom is -0.464 e. The van der Waals surface area contributed by atoms with Crippen LogP contribution in [0.4, 0.5) is 0 Å². The molecule has 0 aromatic heterocycles. The Bertz CT molecular complexity index is 145. The van der Waals surface area contributed by atoms with Gasteiger partial charge in [0.15, 0.2) is 0 Å². The summed E-state index contributed by atoms with van der Waals surface area (Å²) in [4.78, 5) is 4.72. The molecule has 0 N–H and O–H groups in total. The summed E-state index contributed by atoms with van der Waals surface area (Å²) in [5, 5.41) is 0. The Morgan fingerprint density at radius 2 is 2.00 bits per heavy atom. The van der Waals surface area contributed by atoms with Crippen molar-refractivity contribution in [2.45, 2.75) is 6.42 Å². The fraction of sp³-hybridized carbons (Fsp3) is 0.375. The van der Waals surface area contributed by atoms with E-state index in [0.717, 1.165) is 6.42 Å². The molecule has 0 radical (unpaired) electrons.